The molecule has 0 aliphatic carbocycles. The Morgan fingerprint density at radius 1 is 1.32 bits per heavy atom. The Morgan fingerprint density at radius 2 is 2.11 bits per heavy atom. The van der Waals surface area contributed by atoms with Crippen molar-refractivity contribution >= 4 is 11.5 Å². The highest BCUT2D eigenvalue weighted by molar-refractivity contribution is 5.64. The van der Waals surface area contributed by atoms with Crippen LogP contribution >= 0.6 is 0 Å². The van der Waals surface area contributed by atoms with Crippen LogP contribution in [0, 0.1) is 5.82 Å². The Bertz CT molecular complexity index is 552. The van der Waals surface area contributed by atoms with Gasteiger partial charge in [-0.3, -0.25) is 0 Å². The maximum Gasteiger partial charge on any atom is 0.151 e. The summed E-state index contributed by atoms with van der Waals surface area (Å²) in [6, 6.07) is 7.74. The van der Waals surface area contributed by atoms with Crippen molar-refractivity contribution in [2.45, 2.75) is 6.54 Å². The Balaban J connectivity index is 2.14. The summed E-state index contributed by atoms with van der Waals surface area (Å²) in [7, 11) is 3.81. The fourth-order valence-corrected chi connectivity index (χ4v) is 1.82. The van der Waals surface area contributed by atoms with E-state index in [1.807, 2.05) is 31.1 Å². The maximum atomic E-state index is 13.2. The Labute approximate surface area is 111 Å². The number of benzene rings is 1. The molecule has 0 aliphatic rings. The highest BCUT2D eigenvalue weighted by Gasteiger charge is 2.05. The van der Waals surface area contributed by atoms with Crippen LogP contribution in [0.2, 0.25) is 0 Å². The molecule has 0 atom stereocenters. The number of nitrogens with zero attached hydrogens (tertiary/aromatic N) is 2. The van der Waals surface area contributed by atoms with Crippen molar-refractivity contribution in [3.63, 3.8) is 0 Å². The fraction of sp³-hybridized carbons (Fsp3) is 0.214. The molecule has 0 aliphatic heterocycles. The van der Waals surface area contributed by atoms with Crippen LogP contribution in [0.4, 0.5) is 15.9 Å². The lowest BCUT2D eigenvalue weighted by molar-refractivity contribution is 0.468. The summed E-state index contributed by atoms with van der Waals surface area (Å²) in [6.45, 7) is 0.415. The van der Waals surface area contributed by atoms with Gasteiger partial charge in [-0.25, -0.2) is 9.37 Å². The number of nitrogens with one attached hydrogen (secondary N) is 1. The zero-order valence-corrected chi connectivity index (χ0v) is 10.9. The number of hydrogen-bond donors (Lipinski definition) is 2. The smallest absolute Gasteiger partial charge is 0.151 e. The lowest BCUT2D eigenvalue weighted by atomic mass is 10.2. The van der Waals surface area contributed by atoms with E-state index in [2.05, 4.69) is 10.3 Å². The van der Waals surface area contributed by atoms with Gasteiger partial charge in [-0.1, -0.05) is 0 Å². The average molecular weight is 261 g/mol. The molecule has 1 aromatic heterocycles. The molecule has 0 bridgehead atoms. The molecule has 100 valence electrons. The van der Waals surface area contributed by atoms with E-state index in [0.29, 0.717) is 12.1 Å². The van der Waals surface area contributed by atoms with Gasteiger partial charge in [0.25, 0.3) is 0 Å². The third kappa shape index (κ3) is 3.34. The van der Waals surface area contributed by atoms with Crippen LogP contribution < -0.4 is 10.2 Å². The molecule has 0 radical (unpaired) electrons. The molecular formula is C14H16FN3O. The van der Waals surface area contributed by atoms with E-state index in [1.54, 1.807) is 6.20 Å². The summed E-state index contributed by atoms with van der Waals surface area (Å²) in [4.78, 5) is 6.16. The van der Waals surface area contributed by atoms with E-state index in [9.17, 15) is 9.50 Å². The predicted octanol–water partition coefficient (Wildman–Crippen LogP) is 2.60. The van der Waals surface area contributed by atoms with Gasteiger partial charge in [0.1, 0.15) is 11.6 Å². The van der Waals surface area contributed by atoms with Crippen molar-refractivity contribution in [2.75, 3.05) is 24.3 Å². The summed E-state index contributed by atoms with van der Waals surface area (Å²) >= 11 is 0. The highest BCUT2D eigenvalue weighted by atomic mass is 19.1. The van der Waals surface area contributed by atoms with E-state index in [4.69, 9.17) is 0 Å². The number of halogens is 1. The van der Waals surface area contributed by atoms with Gasteiger partial charge in [-0.05, 0) is 29.8 Å². The minimum absolute atomic E-state index is 0.0733. The quantitative estimate of drug-likeness (QED) is 0.888. The number of hydrogen-bond acceptors (Lipinski definition) is 4. The van der Waals surface area contributed by atoms with Crippen molar-refractivity contribution < 1.29 is 9.50 Å². The molecule has 4 nitrogen and oxygen atoms in total. The maximum absolute atomic E-state index is 13.2. The van der Waals surface area contributed by atoms with Gasteiger partial charge in [0, 0.05) is 32.9 Å². The summed E-state index contributed by atoms with van der Waals surface area (Å²) < 4.78 is 13.2. The normalized spacial score (nSPS) is 10.3. The monoisotopic (exact) mass is 261 g/mol. The van der Waals surface area contributed by atoms with Gasteiger partial charge < -0.3 is 15.3 Å². The van der Waals surface area contributed by atoms with Crippen LogP contribution in [0.3, 0.4) is 0 Å². The molecule has 0 amide bonds. The van der Waals surface area contributed by atoms with E-state index in [-0.39, 0.29) is 5.75 Å². The first-order valence-corrected chi connectivity index (χ1v) is 5.91. The molecule has 2 rings (SSSR count). The van der Waals surface area contributed by atoms with Crippen LogP contribution in [0.25, 0.3) is 0 Å². The summed E-state index contributed by atoms with van der Waals surface area (Å²) in [5.74, 6) is 0.287. The van der Waals surface area contributed by atoms with E-state index < -0.39 is 5.82 Å². The molecule has 2 N–H and O–H groups in total. The molecule has 0 saturated heterocycles. The predicted molar refractivity (Wildman–Crippen MR) is 74.0 cm³/mol. The first-order valence-electron chi connectivity index (χ1n) is 5.91. The third-order valence-corrected chi connectivity index (χ3v) is 2.64. The minimum Gasteiger partial charge on any atom is -0.508 e. The molecule has 19 heavy (non-hydrogen) atoms. The first-order chi connectivity index (χ1) is 9.06. The first kappa shape index (κ1) is 13.1. The van der Waals surface area contributed by atoms with Gasteiger partial charge in [0.05, 0.1) is 5.69 Å². The largest absolute Gasteiger partial charge is 0.508 e. The summed E-state index contributed by atoms with van der Waals surface area (Å²) in [6.07, 6.45) is 1.72. The number of rotatable bonds is 4. The second-order valence-electron chi connectivity index (χ2n) is 4.44. The summed E-state index contributed by atoms with van der Waals surface area (Å²) in [5, 5.41) is 12.5. The Kier molecular flexibility index (Phi) is 3.85. The standard InChI is InChI=1S/C14H16FN3O/c1-18(2)14-13(4-3-5-16-14)17-9-10-6-11(15)8-12(19)7-10/h3-8,17,19H,9H2,1-2H3. The van der Waals surface area contributed by atoms with Crippen molar-refractivity contribution in [3.8, 4) is 5.75 Å². The Hall–Kier alpha value is -2.30. The van der Waals surface area contributed by atoms with Gasteiger partial charge in [0.15, 0.2) is 5.82 Å². The average Bonchev–Trinajstić information content (AvgIpc) is 2.35. The number of phenols is 1. The molecule has 2 aromatic rings. The second kappa shape index (κ2) is 5.56. The highest BCUT2D eigenvalue weighted by Crippen LogP contribution is 2.22. The molecule has 0 saturated carbocycles. The fourth-order valence-electron chi connectivity index (χ4n) is 1.82. The molecule has 0 fully saturated rings. The molecular weight excluding hydrogens is 245 g/mol. The van der Waals surface area contributed by atoms with E-state index >= 15 is 0 Å². The van der Waals surface area contributed by atoms with Crippen LogP contribution in [0.15, 0.2) is 36.5 Å². The molecule has 1 heterocycles. The lowest BCUT2D eigenvalue weighted by Gasteiger charge is -2.17. The van der Waals surface area contributed by atoms with Gasteiger partial charge in [-0.2, -0.15) is 0 Å². The number of phenolic OH excluding ortho intramolecular Hbond substituents is 1. The molecule has 0 spiro atoms. The van der Waals surface area contributed by atoms with Gasteiger partial charge in [0.2, 0.25) is 0 Å². The molecule has 1 aromatic carbocycles. The number of pyridine rings is 1. The van der Waals surface area contributed by atoms with Crippen LogP contribution in [-0.4, -0.2) is 24.2 Å². The molecule has 5 heteroatoms. The van der Waals surface area contributed by atoms with Gasteiger partial charge >= 0.3 is 0 Å². The van der Waals surface area contributed by atoms with Crippen molar-refractivity contribution in [3.05, 3.63) is 47.9 Å². The third-order valence-electron chi connectivity index (χ3n) is 2.64. The zero-order chi connectivity index (χ0) is 13.8. The number of aromatic hydroxyl groups is 1. The lowest BCUT2D eigenvalue weighted by Crippen LogP contribution is -2.13. The van der Waals surface area contributed by atoms with E-state index in [0.717, 1.165) is 17.6 Å². The second-order valence-corrected chi connectivity index (χ2v) is 4.44. The van der Waals surface area contributed by atoms with Crippen LogP contribution in [0.5, 0.6) is 5.75 Å². The van der Waals surface area contributed by atoms with E-state index in [1.165, 1.54) is 12.1 Å². The zero-order valence-electron chi connectivity index (χ0n) is 10.9. The van der Waals surface area contributed by atoms with Crippen LogP contribution in [-0.2, 0) is 6.54 Å². The SMILES string of the molecule is CN(C)c1ncccc1NCc1cc(O)cc(F)c1. The van der Waals surface area contributed by atoms with Gasteiger partial charge in [-0.15, -0.1) is 0 Å². The Morgan fingerprint density at radius 3 is 2.79 bits per heavy atom. The number of anilines is 2. The molecule has 0 unspecified atom stereocenters. The van der Waals surface area contributed by atoms with Crippen molar-refractivity contribution in [1.82, 2.24) is 4.98 Å². The van der Waals surface area contributed by atoms with Crippen LogP contribution in [0.1, 0.15) is 5.56 Å². The minimum atomic E-state index is -0.448. The number of aromatic nitrogens is 1. The topological polar surface area (TPSA) is 48.4 Å². The van der Waals surface area contributed by atoms with Crippen molar-refractivity contribution in [2.24, 2.45) is 0 Å². The summed E-state index contributed by atoms with van der Waals surface area (Å²) in [5.41, 5.74) is 1.53. The van der Waals surface area contributed by atoms with Crippen molar-refractivity contribution in [1.29, 1.82) is 0 Å².